The summed E-state index contributed by atoms with van der Waals surface area (Å²) in [6.07, 6.45) is 0.843. The number of carbonyl (C=O) groups is 2. The molecule has 0 aliphatic heterocycles. The van der Waals surface area contributed by atoms with Crippen LogP contribution in [0.3, 0.4) is 0 Å². The zero-order valence-electron chi connectivity index (χ0n) is 13.8. The van der Waals surface area contributed by atoms with Gasteiger partial charge in [-0.1, -0.05) is 47.5 Å². The van der Waals surface area contributed by atoms with Crippen LogP contribution in [0.5, 0.6) is 0 Å². The van der Waals surface area contributed by atoms with Gasteiger partial charge in [-0.3, -0.25) is 4.79 Å². The number of ketones is 1. The second kappa shape index (κ2) is 7.89. The Labute approximate surface area is 161 Å². The molecule has 26 heavy (non-hydrogen) atoms. The van der Waals surface area contributed by atoms with Crippen LogP contribution in [-0.4, -0.2) is 17.5 Å². The molecule has 3 N–H and O–H groups in total. The average molecular weight is 390 g/mol. The van der Waals surface area contributed by atoms with E-state index in [2.05, 4.69) is 10.5 Å². The Morgan fingerprint density at radius 3 is 1.73 bits per heavy atom. The first kappa shape index (κ1) is 18.4. The SMILES string of the molecule is NC(=O)NN=C1CC(c2ccc(Cl)cc2)C(=O)C(c2ccc(Cl)cc2)C1. The molecule has 1 fully saturated rings. The third kappa shape index (κ3) is 4.23. The van der Waals surface area contributed by atoms with Gasteiger partial charge in [0, 0.05) is 40.4 Å². The van der Waals surface area contributed by atoms with Crippen molar-refractivity contribution in [1.82, 2.24) is 5.43 Å². The van der Waals surface area contributed by atoms with E-state index in [0.717, 1.165) is 11.1 Å². The van der Waals surface area contributed by atoms with Gasteiger partial charge in [-0.2, -0.15) is 5.10 Å². The summed E-state index contributed by atoms with van der Waals surface area (Å²) in [5, 5.41) is 5.31. The fourth-order valence-corrected chi connectivity index (χ4v) is 3.43. The smallest absolute Gasteiger partial charge is 0.332 e. The number of nitrogens with zero attached hydrogens (tertiary/aromatic N) is 1. The van der Waals surface area contributed by atoms with Gasteiger partial charge in [0.25, 0.3) is 0 Å². The minimum atomic E-state index is -0.736. The molecule has 1 aliphatic carbocycles. The number of hydrogen-bond donors (Lipinski definition) is 2. The van der Waals surface area contributed by atoms with Gasteiger partial charge >= 0.3 is 6.03 Å². The van der Waals surface area contributed by atoms with Crippen LogP contribution in [0.2, 0.25) is 10.0 Å². The van der Waals surface area contributed by atoms with Crippen LogP contribution in [0.15, 0.2) is 53.6 Å². The molecule has 134 valence electrons. The number of hydrazone groups is 1. The normalized spacial score (nSPS) is 19.9. The summed E-state index contributed by atoms with van der Waals surface area (Å²) in [6, 6.07) is 13.7. The minimum absolute atomic E-state index is 0.104. The van der Waals surface area contributed by atoms with Crippen molar-refractivity contribution in [3.63, 3.8) is 0 Å². The van der Waals surface area contributed by atoms with Crippen LogP contribution in [0, 0.1) is 0 Å². The van der Waals surface area contributed by atoms with E-state index in [0.29, 0.717) is 28.6 Å². The molecule has 0 saturated heterocycles. The van der Waals surface area contributed by atoms with E-state index < -0.39 is 6.03 Å². The molecule has 0 heterocycles. The lowest BCUT2D eigenvalue weighted by Crippen LogP contribution is -2.33. The number of nitrogens with one attached hydrogen (secondary N) is 1. The minimum Gasteiger partial charge on any atom is -0.350 e. The Balaban J connectivity index is 1.96. The van der Waals surface area contributed by atoms with Crippen LogP contribution in [0.1, 0.15) is 35.8 Å². The lowest BCUT2D eigenvalue weighted by atomic mass is 9.73. The zero-order chi connectivity index (χ0) is 18.7. The maximum absolute atomic E-state index is 13.1. The number of rotatable bonds is 3. The summed E-state index contributed by atoms with van der Waals surface area (Å²) in [5.41, 5.74) is 9.82. The number of nitrogens with two attached hydrogens (primary N) is 1. The topological polar surface area (TPSA) is 84.6 Å². The van der Waals surface area contributed by atoms with Gasteiger partial charge in [-0.05, 0) is 35.4 Å². The van der Waals surface area contributed by atoms with E-state index in [1.165, 1.54) is 0 Å². The maximum atomic E-state index is 13.1. The highest BCUT2D eigenvalue weighted by molar-refractivity contribution is 6.30. The summed E-state index contributed by atoms with van der Waals surface area (Å²) in [5.74, 6) is -0.627. The molecule has 3 rings (SSSR count). The van der Waals surface area contributed by atoms with Crippen molar-refractivity contribution in [2.24, 2.45) is 10.8 Å². The number of primary amides is 1. The number of amides is 2. The molecule has 2 aromatic carbocycles. The van der Waals surface area contributed by atoms with Gasteiger partial charge in [-0.15, -0.1) is 0 Å². The van der Waals surface area contributed by atoms with Crippen LogP contribution in [-0.2, 0) is 4.79 Å². The van der Waals surface area contributed by atoms with Crippen molar-refractivity contribution in [2.45, 2.75) is 24.7 Å². The fraction of sp³-hybridized carbons (Fsp3) is 0.211. The standard InChI is InChI=1S/C19H17Cl2N3O2/c20-13-5-1-11(2-6-13)16-9-15(23-24-19(22)26)10-17(18(16)25)12-3-7-14(21)8-4-12/h1-8,16-17H,9-10H2,(H3,22,24,26). The van der Waals surface area contributed by atoms with E-state index in [1.54, 1.807) is 24.3 Å². The zero-order valence-corrected chi connectivity index (χ0v) is 15.3. The molecular weight excluding hydrogens is 373 g/mol. The monoisotopic (exact) mass is 389 g/mol. The molecule has 5 nitrogen and oxygen atoms in total. The van der Waals surface area contributed by atoms with Crippen molar-refractivity contribution in [3.8, 4) is 0 Å². The highest BCUT2D eigenvalue weighted by Gasteiger charge is 2.36. The second-order valence-corrected chi connectivity index (χ2v) is 7.05. The lowest BCUT2D eigenvalue weighted by molar-refractivity contribution is -0.122. The summed E-state index contributed by atoms with van der Waals surface area (Å²) >= 11 is 11.9. The van der Waals surface area contributed by atoms with Crippen LogP contribution >= 0.6 is 23.2 Å². The highest BCUT2D eigenvalue weighted by atomic mass is 35.5. The summed E-state index contributed by atoms with van der Waals surface area (Å²) in [7, 11) is 0. The lowest BCUT2D eigenvalue weighted by Gasteiger charge is -2.29. The quantitative estimate of drug-likeness (QED) is 0.768. The van der Waals surface area contributed by atoms with E-state index in [4.69, 9.17) is 28.9 Å². The largest absolute Gasteiger partial charge is 0.350 e. The Kier molecular flexibility index (Phi) is 5.59. The number of carbonyl (C=O) groups excluding carboxylic acids is 2. The number of Topliss-reactive ketones (excluding diaryl/α,β-unsaturated/α-hetero) is 1. The van der Waals surface area contributed by atoms with Gasteiger partial charge in [0.2, 0.25) is 0 Å². The average Bonchev–Trinajstić information content (AvgIpc) is 2.62. The van der Waals surface area contributed by atoms with E-state index >= 15 is 0 Å². The fourth-order valence-electron chi connectivity index (χ4n) is 3.18. The van der Waals surface area contributed by atoms with Gasteiger partial charge in [0.05, 0.1) is 0 Å². The Morgan fingerprint density at radius 2 is 1.35 bits per heavy atom. The molecule has 0 radical (unpaired) electrons. The third-order valence-electron chi connectivity index (χ3n) is 4.44. The third-order valence-corrected chi connectivity index (χ3v) is 4.94. The first-order chi connectivity index (χ1) is 12.4. The van der Waals surface area contributed by atoms with E-state index in [9.17, 15) is 9.59 Å². The predicted molar refractivity (Wildman–Crippen MR) is 103 cm³/mol. The first-order valence-corrected chi connectivity index (χ1v) is 8.85. The van der Waals surface area contributed by atoms with Crippen molar-refractivity contribution in [2.75, 3.05) is 0 Å². The van der Waals surface area contributed by atoms with Gasteiger partial charge in [0.15, 0.2) is 0 Å². The van der Waals surface area contributed by atoms with Gasteiger partial charge in [0.1, 0.15) is 5.78 Å². The maximum Gasteiger partial charge on any atom is 0.332 e. The molecule has 2 atom stereocenters. The van der Waals surface area contributed by atoms with Crippen molar-refractivity contribution < 1.29 is 9.59 Å². The number of benzene rings is 2. The van der Waals surface area contributed by atoms with Crippen LogP contribution in [0.25, 0.3) is 0 Å². The van der Waals surface area contributed by atoms with Crippen molar-refractivity contribution >= 4 is 40.7 Å². The van der Waals surface area contributed by atoms with Crippen molar-refractivity contribution in [1.29, 1.82) is 0 Å². The summed E-state index contributed by atoms with van der Waals surface area (Å²) in [4.78, 5) is 24.1. The molecule has 2 aromatic rings. The molecule has 2 amide bonds. The molecule has 2 unspecified atom stereocenters. The predicted octanol–water partition coefficient (Wildman–Crippen LogP) is 4.25. The molecular formula is C19H17Cl2N3O2. The van der Waals surface area contributed by atoms with Gasteiger partial charge < -0.3 is 5.73 Å². The molecule has 1 saturated carbocycles. The van der Waals surface area contributed by atoms with Gasteiger partial charge in [-0.25, -0.2) is 10.2 Å². The number of halogens is 2. The summed E-state index contributed by atoms with van der Waals surface area (Å²) in [6.45, 7) is 0. The van der Waals surface area contributed by atoms with Crippen LogP contribution < -0.4 is 11.2 Å². The van der Waals surface area contributed by atoms with Crippen molar-refractivity contribution in [3.05, 3.63) is 69.7 Å². The molecule has 7 heteroatoms. The Bertz CT molecular complexity index is 789. The Hall–Kier alpha value is -2.37. The number of hydrogen-bond acceptors (Lipinski definition) is 3. The second-order valence-electron chi connectivity index (χ2n) is 6.17. The van der Waals surface area contributed by atoms with Crippen LogP contribution in [0.4, 0.5) is 4.79 Å². The first-order valence-electron chi connectivity index (χ1n) is 8.09. The summed E-state index contributed by atoms with van der Waals surface area (Å²) < 4.78 is 0. The molecule has 1 aliphatic rings. The number of urea groups is 1. The van der Waals surface area contributed by atoms with E-state index in [-0.39, 0.29) is 17.6 Å². The van der Waals surface area contributed by atoms with E-state index in [1.807, 2.05) is 24.3 Å². The molecule has 0 aromatic heterocycles. The molecule has 0 bridgehead atoms. The Morgan fingerprint density at radius 1 is 0.923 bits per heavy atom. The molecule has 0 spiro atoms. The highest BCUT2D eigenvalue weighted by Crippen LogP contribution is 2.37.